The van der Waals surface area contributed by atoms with Crippen molar-refractivity contribution in [1.82, 2.24) is 9.97 Å². The zero-order valence-electron chi connectivity index (χ0n) is 11.2. The molecule has 0 atom stereocenters. The summed E-state index contributed by atoms with van der Waals surface area (Å²) in [6.45, 7) is 0. The molecule has 4 rings (SSSR count). The van der Waals surface area contributed by atoms with Gasteiger partial charge in [-0.1, -0.05) is 36.4 Å². The van der Waals surface area contributed by atoms with Crippen LogP contribution in [0.1, 0.15) is 0 Å². The van der Waals surface area contributed by atoms with Gasteiger partial charge in [-0.2, -0.15) is 0 Å². The average molecular weight is 288 g/mol. The first-order chi connectivity index (χ1) is 10.4. The Bertz CT molecular complexity index is 883. The van der Waals surface area contributed by atoms with E-state index in [2.05, 4.69) is 40.7 Å². The molecule has 0 aliphatic rings. The van der Waals surface area contributed by atoms with Gasteiger partial charge in [0.05, 0.1) is 11.4 Å². The summed E-state index contributed by atoms with van der Waals surface area (Å²) in [5.41, 5.74) is 4.31. The molecule has 3 aromatic heterocycles. The van der Waals surface area contributed by atoms with Crippen molar-refractivity contribution < 1.29 is 0 Å². The van der Waals surface area contributed by atoms with E-state index in [0.29, 0.717) is 0 Å². The minimum atomic E-state index is 0.911. The van der Waals surface area contributed by atoms with Crippen molar-refractivity contribution in [3.05, 3.63) is 72.2 Å². The molecular weight excluding hydrogens is 276 g/mol. The van der Waals surface area contributed by atoms with Gasteiger partial charge in [-0.3, -0.25) is 4.98 Å². The summed E-state index contributed by atoms with van der Waals surface area (Å²) in [4.78, 5) is 10.2. The maximum absolute atomic E-state index is 4.75. The third kappa shape index (κ3) is 2.22. The number of fused-ring (bicyclic) bond motifs is 1. The van der Waals surface area contributed by atoms with Crippen molar-refractivity contribution in [2.24, 2.45) is 0 Å². The predicted molar refractivity (Wildman–Crippen MR) is 88.3 cm³/mol. The fourth-order valence-corrected chi connectivity index (χ4v) is 3.36. The molecule has 0 spiro atoms. The zero-order chi connectivity index (χ0) is 14.1. The molecule has 0 fully saturated rings. The van der Waals surface area contributed by atoms with Gasteiger partial charge in [-0.25, -0.2) is 4.98 Å². The van der Waals surface area contributed by atoms with Crippen LogP contribution in [0.3, 0.4) is 0 Å². The SMILES string of the molecule is c1ccc(-c2csc3nc(-c4ccccn4)ccc23)cc1. The summed E-state index contributed by atoms with van der Waals surface area (Å²) in [5.74, 6) is 0. The average Bonchev–Trinajstić information content (AvgIpc) is 2.99. The highest BCUT2D eigenvalue weighted by Crippen LogP contribution is 2.33. The quantitative estimate of drug-likeness (QED) is 0.517. The number of nitrogens with zero attached hydrogens (tertiary/aromatic N) is 2. The molecule has 0 aliphatic carbocycles. The highest BCUT2D eigenvalue weighted by atomic mass is 32.1. The number of pyridine rings is 2. The van der Waals surface area contributed by atoms with Gasteiger partial charge in [0.25, 0.3) is 0 Å². The zero-order valence-corrected chi connectivity index (χ0v) is 12.0. The second-order valence-electron chi connectivity index (χ2n) is 4.78. The molecule has 3 heterocycles. The Labute approximate surface area is 126 Å². The fraction of sp³-hybridized carbons (Fsp3) is 0. The van der Waals surface area contributed by atoms with Crippen molar-refractivity contribution in [2.45, 2.75) is 0 Å². The number of hydrogen-bond acceptors (Lipinski definition) is 3. The van der Waals surface area contributed by atoms with Gasteiger partial charge in [-0.05, 0) is 29.8 Å². The lowest BCUT2D eigenvalue weighted by Crippen LogP contribution is -1.86. The molecule has 0 aliphatic heterocycles. The van der Waals surface area contributed by atoms with E-state index >= 15 is 0 Å². The van der Waals surface area contributed by atoms with Crippen LogP contribution in [0.5, 0.6) is 0 Å². The molecule has 100 valence electrons. The molecule has 3 heteroatoms. The Hall–Kier alpha value is -2.52. The van der Waals surface area contributed by atoms with Crippen LogP contribution in [0.15, 0.2) is 72.2 Å². The van der Waals surface area contributed by atoms with E-state index in [-0.39, 0.29) is 0 Å². The summed E-state index contributed by atoms with van der Waals surface area (Å²) >= 11 is 1.68. The Morgan fingerprint density at radius 1 is 0.762 bits per heavy atom. The molecule has 0 amide bonds. The third-order valence-electron chi connectivity index (χ3n) is 3.45. The first-order valence-corrected chi connectivity index (χ1v) is 7.65. The van der Waals surface area contributed by atoms with E-state index < -0.39 is 0 Å². The molecule has 21 heavy (non-hydrogen) atoms. The molecule has 0 unspecified atom stereocenters. The van der Waals surface area contributed by atoms with Crippen molar-refractivity contribution in [3.8, 4) is 22.5 Å². The number of benzene rings is 1. The first-order valence-electron chi connectivity index (χ1n) is 6.77. The molecule has 0 saturated carbocycles. The number of hydrogen-bond donors (Lipinski definition) is 0. The number of rotatable bonds is 2. The highest BCUT2D eigenvalue weighted by Gasteiger charge is 2.09. The van der Waals surface area contributed by atoms with Gasteiger partial charge < -0.3 is 0 Å². The van der Waals surface area contributed by atoms with Gasteiger partial charge in [0.1, 0.15) is 4.83 Å². The molecule has 4 aromatic rings. The normalized spacial score (nSPS) is 10.9. The van der Waals surface area contributed by atoms with E-state index in [1.54, 1.807) is 17.5 Å². The second-order valence-corrected chi connectivity index (χ2v) is 5.64. The molecular formula is C18H12N2S. The van der Waals surface area contributed by atoms with E-state index in [4.69, 9.17) is 4.98 Å². The van der Waals surface area contributed by atoms with Gasteiger partial charge in [-0.15, -0.1) is 11.3 Å². The maximum atomic E-state index is 4.75. The topological polar surface area (TPSA) is 25.8 Å². The van der Waals surface area contributed by atoms with Crippen LogP contribution in [0.4, 0.5) is 0 Å². The summed E-state index contributed by atoms with van der Waals surface area (Å²) < 4.78 is 0. The standard InChI is InChI=1S/C18H12N2S/c1-2-6-13(7-3-1)15-12-21-18-14(15)9-10-17(20-18)16-8-4-5-11-19-16/h1-12H. The summed E-state index contributed by atoms with van der Waals surface area (Å²) in [6.07, 6.45) is 1.80. The number of thiophene rings is 1. The first kappa shape index (κ1) is 12.2. The summed E-state index contributed by atoms with van der Waals surface area (Å²) in [6, 6.07) is 20.5. The Morgan fingerprint density at radius 2 is 1.62 bits per heavy atom. The number of aromatic nitrogens is 2. The lowest BCUT2D eigenvalue weighted by molar-refractivity contribution is 1.28. The van der Waals surface area contributed by atoms with Crippen LogP contribution in [-0.2, 0) is 0 Å². The largest absolute Gasteiger partial charge is 0.255 e. The van der Waals surface area contributed by atoms with Crippen LogP contribution in [0.25, 0.3) is 32.7 Å². The van der Waals surface area contributed by atoms with Crippen LogP contribution in [0, 0.1) is 0 Å². The van der Waals surface area contributed by atoms with E-state index in [0.717, 1.165) is 16.2 Å². The molecule has 0 N–H and O–H groups in total. The van der Waals surface area contributed by atoms with Crippen LogP contribution >= 0.6 is 11.3 Å². The fourth-order valence-electron chi connectivity index (χ4n) is 2.41. The van der Waals surface area contributed by atoms with Crippen molar-refractivity contribution >= 4 is 21.6 Å². The van der Waals surface area contributed by atoms with Crippen molar-refractivity contribution in [3.63, 3.8) is 0 Å². The molecule has 2 nitrogen and oxygen atoms in total. The lowest BCUT2D eigenvalue weighted by Gasteiger charge is -2.01. The van der Waals surface area contributed by atoms with Gasteiger partial charge in [0.2, 0.25) is 0 Å². The maximum Gasteiger partial charge on any atom is 0.124 e. The van der Waals surface area contributed by atoms with Crippen molar-refractivity contribution in [2.75, 3.05) is 0 Å². The smallest absolute Gasteiger partial charge is 0.124 e. The molecule has 0 radical (unpaired) electrons. The highest BCUT2D eigenvalue weighted by molar-refractivity contribution is 7.17. The van der Waals surface area contributed by atoms with Crippen LogP contribution in [-0.4, -0.2) is 9.97 Å². The van der Waals surface area contributed by atoms with Gasteiger partial charge in [0, 0.05) is 22.5 Å². The predicted octanol–water partition coefficient (Wildman–Crippen LogP) is 5.03. The second kappa shape index (κ2) is 5.11. The monoisotopic (exact) mass is 288 g/mol. The summed E-state index contributed by atoms with van der Waals surface area (Å²) in [5, 5.41) is 3.38. The Balaban J connectivity index is 1.85. The van der Waals surface area contributed by atoms with Crippen molar-refractivity contribution in [1.29, 1.82) is 0 Å². The lowest BCUT2D eigenvalue weighted by atomic mass is 10.1. The minimum absolute atomic E-state index is 0.911. The van der Waals surface area contributed by atoms with Crippen LogP contribution in [0.2, 0.25) is 0 Å². The molecule has 0 saturated heterocycles. The van der Waals surface area contributed by atoms with E-state index in [1.807, 2.05) is 30.3 Å². The minimum Gasteiger partial charge on any atom is -0.255 e. The summed E-state index contributed by atoms with van der Waals surface area (Å²) in [7, 11) is 0. The Kier molecular flexibility index (Phi) is 2.98. The van der Waals surface area contributed by atoms with Gasteiger partial charge >= 0.3 is 0 Å². The third-order valence-corrected chi connectivity index (χ3v) is 4.34. The molecule has 0 bridgehead atoms. The van der Waals surface area contributed by atoms with Gasteiger partial charge in [0.15, 0.2) is 0 Å². The van der Waals surface area contributed by atoms with Crippen LogP contribution < -0.4 is 0 Å². The van der Waals surface area contributed by atoms with E-state index in [1.165, 1.54) is 16.5 Å². The van der Waals surface area contributed by atoms with E-state index in [9.17, 15) is 0 Å². The Morgan fingerprint density at radius 3 is 2.43 bits per heavy atom. The molecule has 1 aromatic carbocycles.